The summed E-state index contributed by atoms with van der Waals surface area (Å²) in [7, 11) is 0. The van der Waals surface area contributed by atoms with E-state index in [-0.39, 0.29) is 5.75 Å². The van der Waals surface area contributed by atoms with E-state index in [1.165, 1.54) is 0 Å². The minimum absolute atomic E-state index is 0.0509. The van der Waals surface area contributed by atoms with Gasteiger partial charge in [-0.25, -0.2) is 9.97 Å². The van der Waals surface area contributed by atoms with Crippen LogP contribution < -0.4 is 10.6 Å². The van der Waals surface area contributed by atoms with E-state index in [1.807, 2.05) is 18.2 Å². The van der Waals surface area contributed by atoms with Crippen molar-refractivity contribution in [3.63, 3.8) is 0 Å². The highest BCUT2D eigenvalue weighted by atomic mass is 35.5. The van der Waals surface area contributed by atoms with Gasteiger partial charge in [-0.3, -0.25) is 0 Å². The van der Waals surface area contributed by atoms with Gasteiger partial charge in [-0.1, -0.05) is 46.9 Å². The number of phenols is 1. The molecule has 0 amide bonds. The molecule has 0 unspecified atom stereocenters. The number of piperidine rings is 1. The molecule has 176 valence electrons. The van der Waals surface area contributed by atoms with Crippen LogP contribution in [0.1, 0.15) is 18.4 Å². The predicted octanol–water partition coefficient (Wildman–Crippen LogP) is 5.77. The quantitative estimate of drug-likeness (QED) is 0.301. The average Bonchev–Trinajstić information content (AvgIpc) is 3.17. The second-order valence-electron chi connectivity index (χ2n) is 8.40. The summed E-state index contributed by atoms with van der Waals surface area (Å²) in [5.74, 6) is 1.65. The molecular weight excluding hydrogens is 495 g/mol. The molecule has 1 saturated heterocycles. The van der Waals surface area contributed by atoms with Crippen molar-refractivity contribution in [1.29, 1.82) is 0 Å². The lowest BCUT2D eigenvalue weighted by atomic mass is 9.99. The highest BCUT2D eigenvalue weighted by molar-refractivity contribution is 6.39. The fraction of sp³-hybridized carbons (Fsp3) is 0.292. The van der Waals surface area contributed by atoms with Crippen molar-refractivity contribution in [2.45, 2.75) is 25.9 Å². The largest absolute Gasteiger partial charge is 0.506 e. The Hall–Kier alpha value is -2.58. The van der Waals surface area contributed by atoms with Crippen LogP contribution in [0, 0.1) is 5.92 Å². The smallest absolute Gasteiger partial charge is 0.225 e. The molecule has 1 atom stereocenters. The standard InChI is InChI=1S/C24H23Cl3N6O/c25-16-4-1-5-17(26)21(16)23-31-19-12-30-24(29-11-14-6-7-20(34)18(27)9-14)32-22(19)33(23)13-15-3-2-8-28-10-15/h1,4-7,9,12,15,28,34H,2-3,8,10-11,13H2,(H,29,30,32)/t15-/m1/s1. The fourth-order valence-electron chi connectivity index (χ4n) is 4.26. The SMILES string of the molecule is Oc1ccc(CNc2ncc3nc(-c4c(Cl)cccc4Cl)n(C[C@@H]4CCCNC4)c3n2)cc1Cl. The summed E-state index contributed by atoms with van der Waals surface area (Å²) in [5.41, 5.74) is 2.99. The predicted molar refractivity (Wildman–Crippen MR) is 137 cm³/mol. The number of halogens is 3. The lowest BCUT2D eigenvalue weighted by Gasteiger charge is -2.24. The molecule has 10 heteroatoms. The molecule has 1 fully saturated rings. The van der Waals surface area contributed by atoms with Crippen molar-refractivity contribution >= 4 is 51.9 Å². The average molecular weight is 518 g/mol. The van der Waals surface area contributed by atoms with Crippen LogP contribution in [0.4, 0.5) is 5.95 Å². The fourth-order valence-corrected chi connectivity index (χ4v) is 5.03. The number of aromatic nitrogens is 4. The van der Waals surface area contributed by atoms with Crippen LogP contribution in [0.2, 0.25) is 15.1 Å². The maximum atomic E-state index is 9.64. The summed E-state index contributed by atoms with van der Waals surface area (Å²) in [5, 5.41) is 17.7. The van der Waals surface area contributed by atoms with Gasteiger partial charge in [0.1, 0.15) is 17.1 Å². The van der Waals surface area contributed by atoms with Gasteiger partial charge in [0.2, 0.25) is 5.95 Å². The molecule has 5 rings (SSSR count). The van der Waals surface area contributed by atoms with Crippen molar-refractivity contribution in [3.8, 4) is 17.1 Å². The molecule has 0 aliphatic carbocycles. The van der Waals surface area contributed by atoms with Crippen LogP contribution in [-0.4, -0.2) is 37.7 Å². The van der Waals surface area contributed by atoms with Crippen LogP contribution >= 0.6 is 34.8 Å². The Labute approximate surface area is 212 Å². The Kier molecular flexibility index (Phi) is 6.79. The number of hydrogen-bond donors (Lipinski definition) is 3. The van der Waals surface area contributed by atoms with Crippen molar-refractivity contribution in [2.24, 2.45) is 5.92 Å². The number of nitrogens with one attached hydrogen (secondary N) is 2. The first-order chi connectivity index (χ1) is 16.5. The molecule has 3 N–H and O–H groups in total. The number of imidazole rings is 1. The third-order valence-corrected chi connectivity index (χ3v) is 6.91. The zero-order valence-electron chi connectivity index (χ0n) is 18.2. The molecule has 0 radical (unpaired) electrons. The Bertz CT molecular complexity index is 1320. The monoisotopic (exact) mass is 516 g/mol. The third-order valence-electron chi connectivity index (χ3n) is 5.98. The van der Waals surface area contributed by atoms with Gasteiger partial charge in [0.05, 0.1) is 26.8 Å². The number of phenolic OH excluding ortho intramolecular Hbond substituents is 1. The molecule has 0 bridgehead atoms. The minimum atomic E-state index is 0.0509. The molecule has 1 aliphatic rings. The first-order valence-electron chi connectivity index (χ1n) is 11.1. The molecule has 0 saturated carbocycles. The van der Waals surface area contributed by atoms with E-state index >= 15 is 0 Å². The van der Waals surface area contributed by atoms with Gasteiger partial charge in [-0.15, -0.1) is 0 Å². The van der Waals surface area contributed by atoms with Gasteiger partial charge in [-0.05, 0) is 61.7 Å². The Morgan fingerprint density at radius 2 is 1.91 bits per heavy atom. The van der Waals surface area contributed by atoms with Gasteiger partial charge in [0.15, 0.2) is 5.65 Å². The van der Waals surface area contributed by atoms with Crippen LogP contribution in [0.5, 0.6) is 5.75 Å². The maximum Gasteiger partial charge on any atom is 0.225 e. The van der Waals surface area contributed by atoms with Crippen LogP contribution in [0.15, 0.2) is 42.6 Å². The van der Waals surface area contributed by atoms with E-state index < -0.39 is 0 Å². The maximum absolute atomic E-state index is 9.64. The number of aromatic hydroxyl groups is 1. The summed E-state index contributed by atoms with van der Waals surface area (Å²) >= 11 is 19.1. The lowest BCUT2D eigenvalue weighted by molar-refractivity contribution is 0.341. The van der Waals surface area contributed by atoms with E-state index in [0.29, 0.717) is 50.4 Å². The number of nitrogens with zero attached hydrogens (tertiary/aromatic N) is 4. The van der Waals surface area contributed by atoms with Crippen molar-refractivity contribution in [1.82, 2.24) is 24.8 Å². The number of anilines is 1. The third kappa shape index (κ3) is 4.79. The molecule has 4 aromatic rings. The first kappa shape index (κ1) is 23.2. The molecule has 3 heterocycles. The molecule has 34 heavy (non-hydrogen) atoms. The molecule has 7 nitrogen and oxygen atoms in total. The van der Waals surface area contributed by atoms with Crippen molar-refractivity contribution in [2.75, 3.05) is 18.4 Å². The summed E-state index contributed by atoms with van der Waals surface area (Å²) < 4.78 is 2.10. The second kappa shape index (κ2) is 9.96. The normalized spacial score (nSPS) is 16.1. The molecule has 0 spiro atoms. The lowest BCUT2D eigenvalue weighted by Crippen LogP contribution is -2.32. The van der Waals surface area contributed by atoms with Gasteiger partial charge in [-0.2, -0.15) is 4.98 Å². The zero-order valence-corrected chi connectivity index (χ0v) is 20.5. The Balaban J connectivity index is 1.52. The number of hydrogen-bond acceptors (Lipinski definition) is 6. The highest BCUT2D eigenvalue weighted by Crippen LogP contribution is 2.36. The molecule has 2 aromatic heterocycles. The van der Waals surface area contributed by atoms with Crippen LogP contribution in [0.3, 0.4) is 0 Å². The van der Waals surface area contributed by atoms with Crippen molar-refractivity contribution < 1.29 is 5.11 Å². The van der Waals surface area contributed by atoms with Gasteiger partial charge < -0.3 is 20.3 Å². The Morgan fingerprint density at radius 1 is 1.09 bits per heavy atom. The minimum Gasteiger partial charge on any atom is -0.506 e. The van der Waals surface area contributed by atoms with E-state index in [2.05, 4.69) is 20.2 Å². The van der Waals surface area contributed by atoms with E-state index in [4.69, 9.17) is 44.8 Å². The first-order valence-corrected chi connectivity index (χ1v) is 12.2. The molecule has 1 aliphatic heterocycles. The number of benzene rings is 2. The second-order valence-corrected chi connectivity index (χ2v) is 9.62. The van der Waals surface area contributed by atoms with Crippen molar-refractivity contribution in [3.05, 3.63) is 63.2 Å². The molecular formula is C24H23Cl3N6O. The summed E-state index contributed by atoms with van der Waals surface area (Å²) in [4.78, 5) is 14.1. The van der Waals surface area contributed by atoms with E-state index in [1.54, 1.807) is 24.4 Å². The van der Waals surface area contributed by atoms with Gasteiger partial charge in [0.25, 0.3) is 0 Å². The van der Waals surface area contributed by atoms with Crippen LogP contribution in [-0.2, 0) is 13.1 Å². The Morgan fingerprint density at radius 3 is 2.65 bits per heavy atom. The number of fused-ring (bicyclic) bond motifs is 1. The summed E-state index contributed by atoms with van der Waals surface area (Å²) in [6.45, 7) is 3.18. The van der Waals surface area contributed by atoms with Gasteiger partial charge in [0, 0.05) is 13.1 Å². The summed E-state index contributed by atoms with van der Waals surface area (Å²) in [6.07, 6.45) is 3.97. The van der Waals surface area contributed by atoms with Gasteiger partial charge >= 0.3 is 0 Å². The highest BCUT2D eigenvalue weighted by Gasteiger charge is 2.23. The summed E-state index contributed by atoms with van der Waals surface area (Å²) in [6, 6.07) is 10.5. The van der Waals surface area contributed by atoms with E-state index in [9.17, 15) is 5.11 Å². The zero-order chi connectivity index (χ0) is 23.7. The molecule has 2 aromatic carbocycles. The number of rotatable bonds is 6. The van der Waals surface area contributed by atoms with Crippen LogP contribution in [0.25, 0.3) is 22.6 Å². The topological polar surface area (TPSA) is 87.9 Å². The van der Waals surface area contributed by atoms with E-state index in [0.717, 1.165) is 43.7 Å².